The second-order valence-corrected chi connectivity index (χ2v) is 5.43. The summed E-state index contributed by atoms with van der Waals surface area (Å²) in [5.74, 6) is -0.286. The van der Waals surface area contributed by atoms with Crippen molar-refractivity contribution in [1.29, 1.82) is 0 Å². The van der Waals surface area contributed by atoms with E-state index in [1.54, 1.807) is 46.0 Å². The summed E-state index contributed by atoms with van der Waals surface area (Å²) in [5.41, 5.74) is 0.588. The monoisotopic (exact) mass is 294 g/mol. The molecule has 0 atom stereocenters. The van der Waals surface area contributed by atoms with Crippen LogP contribution in [0, 0.1) is 0 Å². The smallest absolute Gasteiger partial charge is 0.412 e. The molecule has 116 valence electrons. The van der Waals surface area contributed by atoms with Gasteiger partial charge in [-0.25, -0.2) is 4.79 Å². The number of ether oxygens (including phenoxy) is 2. The maximum Gasteiger partial charge on any atom is 0.412 e. The Balaban J connectivity index is 2.66. The highest BCUT2D eigenvalue weighted by Crippen LogP contribution is 2.16. The van der Waals surface area contributed by atoms with Crippen molar-refractivity contribution in [3.8, 4) is 0 Å². The molecule has 0 aliphatic carbocycles. The van der Waals surface area contributed by atoms with Gasteiger partial charge in [-0.15, -0.1) is 0 Å². The number of carbonyl (C=O) groups excluding carboxylic acids is 2. The van der Waals surface area contributed by atoms with Gasteiger partial charge in [0.05, 0.1) is 24.4 Å². The van der Waals surface area contributed by atoms with Gasteiger partial charge in [-0.2, -0.15) is 0 Å². The van der Waals surface area contributed by atoms with Crippen LogP contribution in [0.4, 0.5) is 10.5 Å². The second-order valence-electron chi connectivity index (χ2n) is 5.43. The van der Waals surface area contributed by atoms with Crippen molar-refractivity contribution in [2.75, 3.05) is 11.9 Å². The van der Waals surface area contributed by atoms with Gasteiger partial charge in [0, 0.05) is 12.6 Å². The van der Waals surface area contributed by atoms with E-state index < -0.39 is 11.7 Å². The number of aromatic nitrogens is 1. The molecule has 0 aliphatic heterocycles. The van der Waals surface area contributed by atoms with Gasteiger partial charge in [0.1, 0.15) is 5.60 Å². The third kappa shape index (κ3) is 6.74. The number of amides is 1. The first kappa shape index (κ1) is 16.9. The van der Waals surface area contributed by atoms with Crippen LogP contribution in [0.5, 0.6) is 0 Å². The average Bonchev–Trinajstić information content (AvgIpc) is 2.35. The minimum Gasteiger partial charge on any atom is -0.466 e. The quantitative estimate of drug-likeness (QED) is 0.845. The Morgan fingerprint density at radius 3 is 2.67 bits per heavy atom. The molecule has 1 aromatic rings. The Morgan fingerprint density at radius 1 is 1.33 bits per heavy atom. The van der Waals surface area contributed by atoms with Crippen LogP contribution in [0.1, 0.15) is 39.8 Å². The Morgan fingerprint density at radius 2 is 2.05 bits per heavy atom. The molecule has 1 N–H and O–H groups in total. The van der Waals surface area contributed by atoms with Crippen molar-refractivity contribution in [2.24, 2.45) is 0 Å². The number of anilines is 1. The lowest BCUT2D eigenvalue weighted by Gasteiger charge is -2.20. The van der Waals surface area contributed by atoms with Crippen molar-refractivity contribution < 1.29 is 19.1 Å². The number of esters is 1. The molecular weight excluding hydrogens is 272 g/mol. The van der Waals surface area contributed by atoms with Crippen molar-refractivity contribution >= 4 is 17.7 Å². The minimum atomic E-state index is -0.572. The Bertz CT molecular complexity index is 495. The van der Waals surface area contributed by atoms with E-state index >= 15 is 0 Å². The van der Waals surface area contributed by atoms with E-state index in [9.17, 15) is 9.59 Å². The zero-order valence-corrected chi connectivity index (χ0v) is 12.9. The van der Waals surface area contributed by atoms with Crippen molar-refractivity contribution in [2.45, 2.75) is 46.1 Å². The first-order valence-corrected chi connectivity index (χ1v) is 6.91. The third-order valence-corrected chi connectivity index (χ3v) is 2.40. The molecule has 0 aromatic carbocycles. The summed E-state index contributed by atoms with van der Waals surface area (Å²) in [7, 11) is 0. The molecule has 1 rings (SSSR count). The highest BCUT2D eigenvalue weighted by Gasteiger charge is 2.17. The second kappa shape index (κ2) is 7.61. The highest BCUT2D eigenvalue weighted by molar-refractivity contribution is 5.85. The van der Waals surface area contributed by atoms with Gasteiger partial charge in [0.15, 0.2) is 0 Å². The molecule has 6 nitrogen and oxygen atoms in total. The number of aryl methyl sites for hydroxylation is 1. The zero-order valence-electron chi connectivity index (χ0n) is 12.9. The van der Waals surface area contributed by atoms with Gasteiger partial charge in [0.25, 0.3) is 0 Å². The van der Waals surface area contributed by atoms with Crippen LogP contribution in [0.25, 0.3) is 0 Å². The van der Waals surface area contributed by atoms with Crippen molar-refractivity contribution in [1.82, 2.24) is 4.98 Å². The van der Waals surface area contributed by atoms with Gasteiger partial charge in [-0.05, 0) is 39.8 Å². The molecule has 6 heteroatoms. The van der Waals surface area contributed by atoms with Crippen LogP contribution in [-0.2, 0) is 20.7 Å². The lowest BCUT2D eigenvalue weighted by atomic mass is 10.2. The van der Waals surface area contributed by atoms with Crippen LogP contribution in [0.2, 0.25) is 0 Å². The molecule has 0 saturated heterocycles. The Kier molecular flexibility index (Phi) is 6.14. The number of rotatable bonds is 5. The van der Waals surface area contributed by atoms with Gasteiger partial charge >= 0.3 is 12.1 Å². The summed E-state index contributed by atoms with van der Waals surface area (Å²) >= 11 is 0. The zero-order chi connectivity index (χ0) is 15.9. The van der Waals surface area contributed by atoms with E-state index in [0.717, 1.165) is 0 Å². The van der Waals surface area contributed by atoms with Gasteiger partial charge < -0.3 is 9.47 Å². The molecule has 0 aliphatic rings. The van der Waals surface area contributed by atoms with Crippen molar-refractivity contribution in [3.63, 3.8) is 0 Å². The largest absolute Gasteiger partial charge is 0.466 e. The Labute approximate surface area is 124 Å². The summed E-state index contributed by atoms with van der Waals surface area (Å²) in [6.45, 7) is 7.48. The van der Waals surface area contributed by atoms with E-state index in [-0.39, 0.29) is 12.4 Å². The fraction of sp³-hybridized carbons (Fsp3) is 0.533. The summed E-state index contributed by atoms with van der Waals surface area (Å²) in [6.07, 6.45) is 1.67. The SMILES string of the molecule is CCOC(=O)CCc1ncccc1NC(=O)OC(C)(C)C. The maximum absolute atomic E-state index is 11.8. The van der Waals surface area contributed by atoms with E-state index in [0.29, 0.717) is 24.4 Å². The molecular formula is C15H22N2O4. The molecule has 0 saturated carbocycles. The molecule has 21 heavy (non-hydrogen) atoms. The minimum absolute atomic E-state index is 0.216. The molecule has 1 heterocycles. The fourth-order valence-corrected chi connectivity index (χ4v) is 1.62. The number of hydrogen-bond acceptors (Lipinski definition) is 5. The van der Waals surface area contributed by atoms with Crippen LogP contribution in [0.3, 0.4) is 0 Å². The van der Waals surface area contributed by atoms with E-state index in [2.05, 4.69) is 10.3 Å². The predicted octanol–water partition coefficient (Wildman–Crippen LogP) is 2.92. The normalized spacial score (nSPS) is 10.9. The van der Waals surface area contributed by atoms with Crippen LogP contribution < -0.4 is 5.32 Å². The lowest BCUT2D eigenvalue weighted by molar-refractivity contribution is -0.143. The molecule has 0 unspecified atom stereocenters. The highest BCUT2D eigenvalue weighted by atomic mass is 16.6. The van der Waals surface area contributed by atoms with E-state index in [1.807, 2.05) is 0 Å². The van der Waals surface area contributed by atoms with Crippen LogP contribution in [0.15, 0.2) is 18.3 Å². The third-order valence-electron chi connectivity index (χ3n) is 2.40. The molecule has 0 bridgehead atoms. The summed E-state index contributed by atoms with van der Waals surface area (Å²) in [6, 6.07) is 3.43. The van der Waals surface area contributed by atoms with Crippen molar-refractivity contribution in [3.05, 3.63) is 24.0 Å². The van der Waals surface area contributed by atoms with E-state index in [1.165, 1.54) is 0 Å². The molecule has 1 aromatic heterocycles. The topological polar surface area (TPSA) is 77.5 Å². The predicted molar refractivity (Wildman–Crippen MR) is 79.0 cm³/mol. The molecule has 0 radical (unpaired) electrons. The number of hydrogen-bond donors (Lipinski definition) is 1. The number of carbonyl (C=O) groups is 2. The number of pyridine rings is 1. The standard InChI is InChI=1S/C15H22N2O4/c1-5-20-13(18)9-8-11-12(7-6-10-16-11)17-14(19)21-15(2,3)4/h6-7,10H,5,8-9H2,1-4H3,(H,17,19). The van der Waals surface area contributed by atoms with Crippen LogP contribution in [-0.4, -0.2) is 29.3 Å². The van der Waals surface area contributed by atoms with E-state index in [4.69, 9.17) is 9.47 Å². The number of nitrogens with one attached hydrogen (secondary N) is 1. The Hall–Kier alpha value is -2.11. The molecule has 1 amide bonds. The van der Waals surface area contributed by atoms with Gasteiger partial charge in [-0.3, -0.25) is 15.1 Å². The van der Waals surface area contributed by atoms with Gasteiger partial charge in [0.2, 0.25) is 0 Å². The summed E-state index contributed by atoms with van der Waals surface area (Å²) in [4.78, 5) is 27.3. The first-order chi connectivity index (χ1) is 9.81. The molecule has 0 fully saturated rings. The average molecular weight is 294 g/mol. The van der Waals surface area contributed by atoms with Crippen LogP contribution >= 0.6 is 0 Å². The van der Waals surface area contributed by atoms with Gasteiger partial charge in [-0.1, -0.05) is 0 Å². The first-order valence-electron chi connectivity index (χ1n) is 6.91. The maximum atomic E-state index is 11.8. The molecule has 0 spiro atoms. The summed E-state index contributed by atoms with van der Waals surface area (Å²) in [5, 5.41) is 2.65. The lowest BCUT2D eigenvalue weighted by Crippen LogP contribution is -2.27. The summed E-state index contributed by atoms with van der Waals surface area (Å²) < 4.78 is 10.1. The number of nitrogens with zero attached hydrogens (tertiary/aromatic N) is 1. The fourth-order valence-electron chi connectivity index (χ4n) is 1.62.